The zero-order valence-corrected chi connectivity index (χ0v) is 12.4. The lowest BCUT2D eigenvalue weighted by Crippen LogP contribution is -2.47. The molecule has 1 aromatic rings. The molecular formula is C15H19FN4O3. The van der Waals surface area contributed by atoms with E-state index in [-0.39, 0.29) is 5.82 Å². The Morgan fingerprint density at radius 3 is 2.96 bits per heavy atom. The molecule has 0 aromatic heterocycles. The van der Waals surface area contributed by atoms with Crippen LogP contribution in [0.1, 0.15) is 12.0 Å². The van der Waals surface area contributed by atoms with Crippen LogP contribution in [0.2, 0.25) is 0 Å². The Morgan fingerprint density at radius 1 is 1.52 bits per heavy atom. The molecule has 124 valence electrons. The molecule has 0 amide bonds. The predicted molar refractivity (Wildman–Crippen MR) is 82.9 cm³/mol. The molecule has 0 bridgehead atoms. The fourth-order valence-electron chi connectivity index (χ4n) is 2.13. The van der Waals surface area contributed by atoms with Crippen LogP contribution in [-0.4, -0.2) is 28.6 Å². The van der Waals surface area contributed by atoms with Gasteiger partial charge in [0, 0.05) is 25.0 Å². The first-order valence-electron chi connectivity index (χ1n) is 7.03. The number of carbonyl (C=O) groups is 1. The standard InChI is InChI=1S/C8H10N2O3.C7H9FN2/c11-8(12)6-1-2-10-3-4-13-5-7(10)9-6;8-6-2-1-5(4-9)7(10)3-6/h3-6,9H,1-2H2,(H,11,12);1-3H,4,9-10H2. The summed E-state index contributed by atoms with van der Waals surface area (Å²) in [5, 5.41) is 11.6. The molecule has 1 saturated heterocycles. The van der Waals surface area contributed by atoms with Crippen LogP contribution in [0.4, 0.5) is 10.1 Å². The maximum absolute atomic E-state index is 12.4. The van der Waals surface area contributed by atoms with Crippen LogP contribution < -0.4 is 16.8 Å². The summed E-state index contributed by atoms with van der Waals surface area (Å²) >= 11 is 0. The Bertz CT molecular complexity index is 633. The van der Waals surface area contributed by atoms with Gasteiger partial charge in [-0.3, -0.25) is 0 Å². The van der Waals surface area contributed by atoms with Crippen LogP contribution in [0.25, 0.3) is 0 Å². The molecule has 2 heterocycles. The van der Waals surface area contributed by atoms with E-state index in [4.69, 9.17) is 21.3 Å². The molecule has 1 atom stereocenters. The predicted octanol–water partition coefficient (Wildman–Crippen LogP) is 0.902. The highest BCUT2D eigenvalue weighted by molar-refractivity contribution is 5.74. The third-order valence-electron chi connectivity index (χ3n) is 3.42. The second-order valence-electron chi connectivity index (χ2n) is 4.99. The minimum Gasteiger partial charge on any atom is -0.480 e. The first-order chi connectivity index (χ1) is 11.0. The maximum Gasteiger partial charge on any atom is 0.326 e. The van der Waals surface area contributed by atoms with Gasteiger partial charge in [-0.15, -0.1) is 0 Å². The SMILES string of the molecule is NCc1ccc(F)cc1N.O=C(O)C1CCN2C=COC=C2N1. The van der Waals surface area contributed by atoms with Crippen LogP contribution in [0.5, 0.6) is 0 Å². The molecule has 0 aliphatic carbocycles. The van der Waals surface area contributed by atoms with Gasteiger partial charge < -0.3 is 31.5 Å². The first-order valence-corrected chi connectivity index (χ1v) is 7.03. The van der Waals surface area contributed by atoms with Crippen molar-refractivity contribution in [3.63, 3.8) is 0 Å². The van der Waals surface area contributed by atoms with Crippen molar-refractivity contribution >= 4 is 11.7 Å². The van der Waals surface area contributed by atoms with Crippen LogP contribution >= 0.6 is 0 Å². The number of nitrogen functional groups attached to an aromatic ring is 1. The molecule has 23 heavy (non-hydrogen) atoms. The Balaban J connectivity index is 0.000000174. The molecule has 0 spiro atoms. The maximum atomic E-state index is 12.4. The molecule has 6 N–H and O–H groups in total. The van der Waals surface area contributed by atoms with Gasteiger partial charge in [-0.1, -0.05) is 6.07 Å². The first kappa shape index (κ1) is 16.6. The number of nitrogens with two attached hydrogens (primary N) is 2. The molecule has 2 aliphatic heterocycles. The van der Waals surface area contributed by atoms with Gasteiger partial charge in [0.05, 0.1) is 0 Å². The second-order valence-corrected chi connectivity index (χ2v) is 4.99. The summed E-state index contributed by atoms with van der Waals surface area (Å²) in [5.74, 6) is -0.439. The van der Waals surface area contributed by atoms with Gasteiger partial charge in [0.25, 0.3) is 0 Å². The molecular weight excluding hydrogens is 303 g/mol. The molecule has 1 aromatic carbocycles. The fraction of sp³-hybridized carbons (Fsp3) is 0.267. The van der Waals surface area contributed by atoms with Crippen LogP contribution in [0, 0.1) is 5.82 Å². The van der Waals surface area contributed by atoms with Crippen molar-refractivity contribution in [3.05, 3.63) is 54.1 Å². The van der Waals surface area contributed by atoms with Gasteiger partial charge in [0.1, 0.15) is 30.2 Å². The van der Waals surface area contributed by atoms with E-state index < -0.39 is 12.0 Å². The summed E-state index contributed by atoms with van der Waals surface area (Å²) in [7, 11) is 0. The quantitative estimate of drug-likeness (QED) is 0.598. The number of hydrogen-bond acceptors (Lipinski definition) is 6. The number of fused-ring (bicyclic) bond motifs is 1. The van der Waals surface area contributed by atoms with Gasteiger partial charge in [-0.05, 0) is 24.1 Å². The van der Waals surface area contributed by atoms with Crippen molar-refractivity contribution in [1.29, 1.82) is 0 Å². The lowest BCUT2D eigenvalue weighted by Gasteiger charge is -2.33. The number of aliphatic carboxylic acids is 1. The van der Waals surface area contributed by atoms with E-state index in [1.54, 1.807) is 18.5 Å². The summed E-state index contributed by atoms with van der Waals surface area (Å²) in [5.41, 5.74) is 11.9. The average molecular weight is 322 g/mol. The van der Waals surface area contributed by atoms with Gasteiger partial charge >= 0.3 is 5.97 Å². The number of nitrogens with zero attached hydrogens (tertiary/aromatic N) is 1. The third kappa shape index (κ3) is 4.36. The van der Waals surface area contributed by atoms with E-state index in [9.17, 15) is 9.18 Å². The molecule has 0 saturated carbocycles. The number of ether oxygens (including phenoxy) is 1. The Kier molecular flexibility index (Phi) is 5.42. The number of hydrogen-bond donors (Lipinski definition) is 4. The van der Waals surface area contributed by atoms with Gasteiger partial charge in [0.15, 0.2) is 0 Å². The minimum absolute atomic E-state index is 0.324. The zero-order chi connectivity index (χ0) is 16.8. The Hall–Kier alpha value is -2.74. The molecule has 2 aliphatic rings. The molecule has 1 fully saturated rings. The summed E-state index contributed by atoms with van der Waals surface area (Å²) in [6, 6.07) is 3.70. The average Bonchev–Trinajstić information content (AvgIpc) is 2.55. The lowest BCUT2D eigenvalue weighted by molar-refractivity contribution is -0.140. The topological polar surface area (TPSA) is 114 Å². The monoisotopic (exact) mass is 322 g/mol. The van der Waals surface area contributed by atoms with Crippen molar-refractivity contribution in [3.8, 4) is 0 Å². The zero-order valence-electron chi connectivity index (χ0n) is 12.4. The minimum atomic E-state index is -0.824. The summed E-state index contributed by atoms with van der Waals surface area (Å²) in [4.78, 5) is 12.6. The molecule has 3 rings (SSSR count). The fourth-order valence-corrected chi connectivity index (χ4v) is 2.13. The number of rotatable bonds is 2. The Morgan fingerprint density at radius 2 is 2.30 bits per heavy atom. The number of nitrogens with one attached hydrogen (secondary N) is 1. The van der Waals surface area contributed by atoms with E-state index in [0.29, 0.717) is 31.0 Å². The summed E-state index contributed by atoms with van der Waals surface area (Å²) < 4.78 is 17.3. The highest BCUT2D eigenvalue weighted by atomic mass is 19.1. The molecule has 0 radical (unpaired) electrons. The van der Waals surface area contributed by atoms with Crippen molar-refractivity contribution in [2.75, 3.05) is 12.3 Å². The molecule has 7 nitrogen and oxygen atoms in total. The van der Waals surface area contributed by atoms with Gasteiger partial charge in [-0.2, -0.15) is 0 Å². The largest absolute Gasteiger partial charge is 0.480 e. The summed E-state index contributed by atoms with van der Waals surface area (Å²) in [6.45, 7) is 1.06. The van der Waals surface area contributed by atoms with E-state index in [2.05, 4.69) is 5.32 Å². The summed E-state index contributed by atoms with van der Waals surface area (Å²) in [6.07, 6.45) is 5.44. The molecule has 1 unspecified atom stereocenters. The highest BCUT2D eigenvalue weighted by Crippen LogP contribution is 2.16. The van der Waals surface area contributed by atoms with E-state index in [1.165, 1.54) is 18.4 Å². The molecule has 8 heteroatoms. The van der Waals surface area contributed by atoms with Crippen molar-refractivity contribution in [1.82, 2.24) is 10.2 Å². The van der Waals surface area contributed by atoms with Crippen molar-refractivity contribution in [2.45, 2.75) is 19.0 Å². The number of carboxylic acids is 1. The highest BCUT2D eigenvalue weighted by Gasteiger charge is 2.26. The van der Waals surface area contributed by atoms with E-state index in [1.807, 2.05) is 4.90 Å². The van der Waals surface area contributed by atoms with E-state index >= 15 is 0 Å². The lowest BCUT2D eigenvalue weighted by atomic mass is 10.1. The Labute approximate surface area is 133 Å². The number of anilines is 1. The van der Waals surface area contributed by atoms with Crippen LogP contribution in [0.3, 0.4) is 0 Å². The number of halogens is 1. The second kappa shape index (κ2) is 7.50. The third-order valence-corrected chi connectivity index (χ3v) is 3.42. The van der Waals surface area contributed by atoms with Crippen molar-refractivity contribution in [2.24, 2.45) is 5.73 Å². The number of benzene rings is 1. The van der Waals surface area contributed by atoms with E-state index in [0.717, 1.165) is 5.56 Å². The smallest absolute Gasteiger partial charge is 0.326 e. The van der Waals surface area contributed by atoms with Crippen LogP contribution in [-0.2, 0) is 16.1 Å². The van der Waals surface area contributed by atoms with Crippen LogP contribution in [0.15, 0.2) is 42.7 Å². The number of carboxylic acid groups (broad SMARTS) is 1. The van der Waals surface area contributed by atoms with Gasteiger partial charge in [-0.25, -0.2) is 9.18 Å². The normalized spacial score (nSPS) is 18.6. The van der Waals surface area contributed by atoms with Gasteiger partial charge in [0.2, 0.25) is 0 Å². The van der Waals surface area contributed by atoms with Crippen molar-refractivity contribution < 1.29 is 19.0 Å².